The van der Waals surface area contributed by atoms with Crippen LogP contribution < -0.4 is 5.32 Å². The van der Waals surface area contributed by atoms with Crippen molar-refractivity contribution >= 4 is 11.6 Å². The first-order valence-corrected chi connectivity index (χ1v) is 8.53. The van der Waals surface area contributed by atoms with Crippen molar-refractivity contribution in [2.75, 3.05) is 0 Å². The highest BCUT2D eigenvalue weighted by atomic mass is 16.6. The van der Waals surface area contributed by atoms with Crippen LogP contribution in [0.3, 0.4) is 0 Å². The molecule has 0 bridgehead atoms. The number of benzene rings is 1. The van der Waals surface area contributed by atoms with Crippen LogP contribution >= 0.6 is 0 Å². The van der Waals surface area contributed by atoms with Gasteiger partial charge in [0.25, 0.3) is 5.91 Å². The van der Waals surface area contributed by atoms with Gasteiger partial charge in [-0.15, -0.1) is 0 Å². The smallest absolute Gasteiger partial charge is 0.320 e. The zero-order valence-electron chi connectivity index (χ0n) is 15.3. The Kier molecular flexibility index (Phi) is 5.02. The molecular formula is C18H20N6O3. The lowest BCUT2D eigenvalue weighted by Gasteiger charge is -2.06. The van der Waals surface area contributed by atoms with Crippen molar-refractivity contribution in [3.63, 3.8) is 0 Å². The summed E-state index contributed by atoms with van der Waals surface area (Å²) in [5, 5.41) is 22.4. The summed E-state index contributed by atoms with van der Waals surface area (Å²) in [4.78, 5) is 23.0. The molecule has 2 aromatic heterocycles. The second kappa shape index (κ2) is 7.40. The van der Waals surface area contributed by atoms with Gasteiger partial charge in [0, 0.05) is 24.3 Å². The van der Waals surface area contributed by atoms with E-state index in [4.69, 9.17) is 0 Å². The number of nitrogens with zero attached hydrogens (tertiary/aromatic N) is 5. The second-order valence-corrected chi connectivity index (χ2v) is 6.06. The van der Waals surface area contributed by atoms with E-state index in [0.717, 1.165) is 22.6 Å². The molecule has 0 fully saturated rings. The third-order valence-electron chi connectivity index (χ3n) is 4.35. The molecule has 0 unspecified atom stereocenters. The number of amides is 1. The molecule has 3 rings (SSSR count). The highest BCUT2D eigenvalue weighted by Gasteiger charge is 2.25. The molecule has 3 aromatic rings. The summed E-state index contributed by atoms with van der Waals surface area (Å²) in [5.74, 6) is -0.583. The summed E-state index contributed by atoms with van der Waals surface area (Å²) in [6.45, 7) is 6.23. The number of rotatable bonds is 6. The van der Waals surface area contributed by atoms with Crippen LogP contribution in [0.2, 0.25) is 0 Å². The third kappa shape index (κ3) is 3.57. The van der Waals surface area contributed by atoms with Crippen molar-refractivity contribution in [2.24, 2.45) is 0 Å². The molecule has 0 aliphatic carbocycles. The largest absolute Gasteiger partial charge is 0.346 e. The van der Waals surface area contributed by atoms with Crippen LogP contribution in [0.25, 0.3) is 5.69 Å². The van der Waals surface area contributed by atoms with Crippen LogP contribution in [0.1, 0.15) is 34.4 Å². The first kappa shape index (κ1) is 18.3. The number of para-hydroxylation sites is 1. The van der Waals surface area contributed by atoms with E-state index in [2.05, 4.69) is 15.5 Å². The molecule has 1 N–H and O–H groups in total. The summed E-state index contributed by atoms with van der Waals surface area (Å²) in [6.07, 6.45) is 1.26. The van der Waals surface area contributed by atoms with Gasteiger partial charge in [0.1, 0.15) is 6.20 Å². The number of hydrogen-bond donors (Lipinski definition) is 1. The van der Waals surface area contributed by atoms with Crippen molar-refractivity contribution in [3.8, 4) is 5.69 Å². The van der Waals surface area contributed by atoms with Gasteiger partial charge in [-0.25, -0.2) is 4.68 Å². The van der Waals surface area contributed by atoms with Gasteiger partial charge >= 0.3 is 5.69 Å². The second-order valence-electron chi connectivity index (χ2n) is 6.06. The average Bonchev–Trinajstić information content (AvgIpc) is 3.22. The van der Waals surface area contributed by atoms with E-state index >= 15 is 0 Å². The molecule has 0 saturated carbocycles. The molecule has 0 aliphatic heterocycles. The Morgan fingerprint density at radius 1 is 1.22 bits per heavy atom. The van der Waals surface area contributed by atoms with E-state index in [0.29, 0.717) is 6.54 Å². The van der Waals surface area contributed by atoms with Gasteiger partial charge in [0.15, 0.2) is 0 Å². The van der Waals surface area contributed by atoms with Crippen molar-refractivity contribution in [3.05, 3.63) is 69.3 Å². The monoisotopic (exact) mass is 368 g/mol. The average molecular weight is 368 g/mol. The summed E-state index contributed by atoms with van der Waals surface area (Å²) in [5.41, 5.74) is 2.98. The summed E-state index contributed by atoms with van der Waals surface area (Å²) >= 11 is 0. The van der Waals surface area contributed by atoms with Gasteiger partial charge in [0.05, 0.1) is 16.3 Å². The Bertz CT molecular complexity index is 990. The molecule has 9 nitrogen and oxygen atoms in total. The molecule has 1 amide bonds. The molecule has 1 aromatic carbocycles. The number of aryl methyl sites for hydroxylation is 2. The fourth-order valence-electron chi connectivity index (χ4n) is 2.87. The topological polar surface area (TPSA) is 108 Å². The van der Waals surface area contributed by atoms with E-state index in [9.17, 15) is 14.9 Å². The lowest BCUT2D eigenvalue weighted by Crippen LogP contribution is -2.24. The zero-order chi connectivity index (χ0) is 19.6. The molecule has 140 valence electrons. The van der Waals surface area contributed by atoms with Crippen LogP contribution in [0.15, 0.2) is 36.5 Å². The Morgan fingerprint density at radius 3 is 2.56 bits per heavy atom. The predicted octanol–water partition coefficient (Wildman–Crippen LogP) is 2.54. The molecule has 0 spiro atoms. The number of hydrogen-bond acceptors (Lipinski definition) is 5. The normalized spacial score (nSPS) is 10.8. The Balaban J connectivity index is 1.82. The van der Waals surface area contributed by atoms with E-state index in [1.807, 2.05) is 48.9 Å². The Hall–Kier alpha value is -3.49. The fourth-order valence-corrected chi connectivity index (χ4v) is 2.87. The van der Waals surface area contributed by atoms with Crippen LogP contribution in [0.5, 0.6) is 0 Å². The molecule has 27 heavy (non-hydrogen) atoms. The number of carbonyl (C=O) groups excluding carboxylic acids is 1. The highest BCUT2D eigenvalue weighted by molar-refractivity contribution is 5.96. The van der Waals surface area contributed by atoms with Gasteiger partial charge in [-0.1, -0.05) is 18.2 Å². The fraction of sp³-hybridized carbons (Fsp3) is 0.278. The molecule has 0 aliphatic rings. The third-order valence-corrected chi connectivity index (χ3v) is 4.35. The van der Waals surface area contributed by atoms with Gasteiger partial charge in [-0.2, -0.15) is 10.2 Å². The molecular weight excluding hydrogens is 348 g/mol. The molecule has 2 heterocycles. The minimum atomic E-state index is -0.599. The summed E-state index contributed by atoms with van der Waals surface area (Å²) in [7, 11) is 0. The van der Waals surface area contributed by atoms with Crippen LogP contribution in [0.4, 0.5) is 5.69 Å². The van der Waals surface area contributed by atoms with E-state index in [1.54, 1.807) is 6.92 Å². The van der Waals surface area contributed by atoms with Gasteiger partial charge in [-0.3, -0.25) is 19.6 Å². The molecule has 0 radical (unpaired) electrons. The van der Waals surface area contributed by atoms with E-state index in [-0.39, 0.29) is 17.9 Å². The standard InChI is InChI=1S/C18H20N6O3/c1-4-22-11-16(24(26)27)17(21-22)18(25)19-10-15-12(2)20-23(13(15)3)14-8-6-5-7-9-14/h5-9,11H,4,10H2,1-3H3,(H,19,25). The SMILES string of the molecule is CCn1cc([N+](=O)[O-])c(C(=O)NCc2c(C)nn(-c3ccccc3)c2C)n1. The number of nitro groups is 1. The first-order chi connectivity index (χ1) is 12.9. The maximum Gasteiger partial charge on any atom is 0.320 e. The van der Waals surface area contributed by atoms with Gasteiger partial charge in [-0.05, 0) is 32.9 Å². The first-order valence-electron chi connectivity index (χ1n) is 8.53. The lowest BCUT2D eigenvalue weighted by atomic mass is 10.2. The quantitative estimate of drug-likeness (QED) is 0.531. The summed E-state index contributed by atoms with van der Waals surface area (Å²) in [6, 6.07) is 9.68. The number of aromatic nitrogens is 4. The Labute approximate surface area is 155 Å². The number of carbonyl (C=O) groups is 1. The molecule has 0 saturated heterocycles. The maximum atomic E-state index is 12.5. The maximum absolute atomic E-state index is 12.5. The van der Waals surface area contributed by atoms with Gasteiger partial charge in [0.2, 0.25) is 5.69 Å². The van der Waals surface area contributed by atoms with E-state index in [1.165, 1.54) is 10.9 Å². The van der Waals surface area contributed by atoms with Crippen molar-refractivity contribution in [1.29, 1.82) is 0 Å². The minimum Gasteiger partial charge on any atom is -0.346 e. The zero-order valence-corrected chi connectivity index (χ0v) is 15.3. The number of nitrogens with one attached hydrogen (secondary N) is 1. The van der Waals surface area contributed by atoms with Crippen LogP contribution in [-0.4, -0.2) is 30.4 Å². The van der Waals surface area contributed by atoms with Crippen LogP contribution in [0, 0.1) is 24.0 Å². The predicted molar refractivity (Wildman–Crippen MR) is 98.8 cm³/mol. The molecule has 0 atom stereocenters. The van der Waals surface area contributed by atoms with Gasteiger partial charge < -0.3 is 5.32 Å². The van der Waals surface area contributed by atoms with Crippen molar-refractivity contribution in [2.45, 2.75) is 33.9 Å². The highest BCUT2D eigenvalue weighted by Crippen LogP contribution is 2.19. The lowest BCUT2D eigenvalue weighted by molar-refractivity contribution is -0.385. The van der Waals surface area contributed by atoms with Crippen molar-refractivity contribution < 1.29 is 9.72 Å². The molecule has 9 heteroatoms. The van der Waals surface area contributed by atoms with Crippen LogP contribution in [-0.2, 0) is 13.1 Å². The van der Waals surface area contributed by atoms with E-state index < -0.39 is 10.8 Å². The van der Waals surface area contributed by atoms with Crippen molar-refractivity contribution in [1.82, 2.24) is 24.9 Å². The summed E-state index contributed by atoms with van der Waals surface area (Å²) < 4.78 is 3.18. The minimum absolute atomic E-state index is 0.187. The Morgan fingerprint density at radius 2 is 1.93 bits per heavy atom.